The molecule has 2 aromatic rings. The van der Waals surface area contributed by atoms with E-state index in [9.17, 15) is 14.7 Å². The number of amides is 1. The van der Waals surface area contributed by atoms with Crippen LogP contribution in [0.25, 0.3) is 6.08 Å². The third-order valence-electron chi connectivity index (χ3n) is 5.55. The number of rotatable bonds is 9. The molecule has 0 spiro atoms. The number of halogens is 1. The Bertz CT molecular complexity index is 997. The van der Waals surface area contributed by atoms with Crippen molar-refractivity contribution in [2.24, 2.45) is 0 Å². The van der Waals surface area contributed by atoms with Crippen LogP contribution in [-0.4, -0.2) is 52.8 Å². The second-order valence-electron chi connectivity index (χ2n) is 7.32. The van der Waals surface area contributed by atoms with Crippen molar-refractivity contribution in [1.29, 1.82) is 0 Å². The minimum absolute atomic E-state index is 0.0600. The number of hydrogen-bond acceptors (Lipinski definition) is 4. The van der Waals surface area contributed by atoms with Crippen LogP contribution >= 0.6 is 11.6 Å². The van der Waals surface area contributed by atoms with E-state index < -0.39 is 23.5 Å². The number of hydrogen-bond donors (Lipinski definition) is 1. The van der Waals surface area contributed by atoms with Crippen LogP contribution in [0.5, 0.6) is 0 Å². The summed E-state index contributed by atoms with van der Waals surface area (Å²) in [5, 5.41) is 11.1. The van der Waals surface area contributed by atoms with Crippen molar-refractivity contribution in [3.05, 3.63) is 88.2 Å². The van der Waals surface area contributed by atoms with Gasteiger partial charge in [0.05, 0.1) is 11.6 Å². The first kappa shape index (κ1) is 22.8. The van der Waals surface area contributed by atoms with E-state index in [2.05, 4.69) is 18.7 Å². The SMILES string of the molecule is CCN(CC)CCN1C(=O)C(O)=C(C(=O)/C=C/c2ccccc2)[C@@H]1c1ccccc1Cl. The van der Waals surface area contributed by atoms with Gasteiger partial charge in [0.15, 0.2) is 11.5 Å². The standard InChI is InChI=1S/C25H27ClN2O3/c1-3-27(4-2)16-17-28-23(19-12-8-9-13-20(19)26)22(24(30)25(28)31)21(29)15-14-18-10-6-5-7-11-18/h5-15,23,30H,3-4,16-17H2,1-2H3/b15-14+/t23-/m0/s1. The predicted octanol–water partition coefficient (Wildman–Crippen LogP) is 4.66. The Kier molecular flexibility index (Phi) is 7.66. The van der Waals surface area contributed by atoms with Crippen molar-refractivity contribution < 1.29 is 14.7 Å². The molecule has 1 atom stereocenters. The number of carbonyl (C=O) groups is 2. The summed E-state index contributed by atoms with van der Waals surface area (Å²) < 4.78 is 0. The van der Waals surface area contributed by atoms with Gasteiger partial charge in [0.25, 0.3) is 5.91 Å². The van der Waals surface area contributed by atoms with Crippen molar-refractivity contribution in [3.8, 4) is 0 Å². The molecule has 6 heteroatoms. The molecule has 1 aliphatic rings. The van der Waals surface area contributed by atoms with Crippen LogP contribution in [0.2, 0.25) is 5.02 Å². The Hall–Kier alpha value is -2.89. The normalized spacial score (nSPS) is 16.7. The molecule has 2 aromatic carbocycles. The summed E-state index contributed by atoms with van der Waals surface area (Å²) in [4.78, 5) is 29.8. The molecule has 0 aromatic heterocycles. The lowest BCUT2D eigenvalue weighted by atomic mass is 9.95. The number of allylic oxidation sites excluding steroid dienone is 1. The number of likely N-dealkylation sites (N-methyl/N-ethyl adjacent to an activating group) is 1. The minimum atomic E-state index is -0.732. The van der Waals surface area contributed by atoms with Crippen molar-refractivity contribution in [1.82, 2.24) is 9.80 Å². The topological polar surface area (TPSA) is 60.9 Å². The van der Waals surface area contributed by atoms with E-state index in [0.717, 1.165) is 18.7 Å². The van der Waals surface area contributed by atoms with E-state index >= 15 is 0 Å². The van der Waals surface area contributed by atoms with Gasteiger partial charge in [0.1, 0.15) is 0 Å². The Morgan fingerprint density at radius 1 is 1.10 bits per heavy atom. The second-order valence-corrected chi connectivity index (χ2v) is 7.73. The van der Waals surface area contributed by atoms with E-state index in [0.29, 0.717) is 23.7 Å². The third-order valence-corrected chi connectivity index (χ3v) is 5.89. The molecule has 0 saturated heterocycles. The Balaban J connectivity index is 1.97. The minimum Gasteiger partial charge on any atom is -0.503 e. The highest BCUT2D eigenvalue weighted by molar-refractivity contribution is 6.31. The van der Waals surface area contributed by atoms with Crippen molar-refractivity contribution in [2.75, 3.05) is 26.2 Å². The number of ketones is 1. The fraction of sp³-hybridized carbons (Fsp3) is 0.280. The zero-order valence-corrected chi connectivity index (χ0v) is 18.5. The number of benzene rings is 2. The van der Waals surface area contributed by atoms with Crippen LogP contribution in [-0.2, 0) is 9.59 Å². The summed E-state index contributed by atoms with van der Waals surface area (Å²) in [6, 6.07) is 15.8. The highest BCUT2D eigenvalue weighted by atomic mass is 35.5. The second kappa shape index (κ2) is 10.4. The van der Waals surface area contributed by atoms with Crippen LogP contribution in [0.3, 0.4) is 0 Å². The summed E-state index contributed by atoms with van der Waals surface area (Å²) >= 11 is 6.44. The molecule has 0 bridgehead atoms. The van der Waals surface area contributed by atoms with E-state index in [1.165, 1.54) is 6.08 Å². The van der Waals surface area contributed by atoms with E-state index in [1.54, 1.807) is 29.2 Å². The summed E-state index contributed by atoms with van der Waals surface area (Å²) in [6.07, 6.45) is 3.07. The smallest absolute Gasteiger partial charge is 0.290 e. The molecular weight excluding hydrogens is 412 g/mol. The number of aliphatic hydroxyl groups excluding tert-OH is 1. The molecule has 162 valence electrons. The van der Waals surface area contributed by atoms with Crippen molar-refractivity contribution in [3.63, 3.8) is 0 Å². The van der Waals surface area contributed by atoms with Crippen molar-refractivity contribution in [2.45, 2.75) is 19.9 Å². The zero-order valence-electron chi connectivity index (χ0n) is 17.8. The van der Waals surface area contributed by atoms with Gasteiger partial charge in [-0.15, -0.1) is 0 Å². The molecule has 0 fully saturated rings. The molecule has 1 N–H and O–H groups in total. The van der Waals surface area contributed by atoms with Gasteiger partial charge in [0, 0.05) is 18.1 Å². The number of aliphatic hydroxyl groups is 1. The first-order valence-electron chi connectivity index (χ1n) is 10.5. The lowest BCUT2D eigenvalue weighted by Gasteiger charge is -2.29. The Morgan fingerprint density at radius 2 is 1.74 bits per heavy atom. The molecule has 1 aliphatic heterocycles. The Morgan fingerprint density at radius 3 is 2.39 bits per heavy atom. The van der Waals surface area contributed by atoms with Gasteiger partial charge >= 0.3 is 0 Å². The molecule has 31 heavy (non-hydrogen) atoms. The first-order chi connectivity index (χ1) is 15.0. The molecule has 0 radical (unpaired) electrons. The van der Waals surface area contributed by atoms with Crippen LogP contribution in [0, 0.1) is 0 Å². The number of carbonyl (C=O) groups excluding carboxylic acids is 2. The molecule has 1 heterocycles. The van der Waals surface area contributed by atoms with Crippen LogP contribution in [0.4, 0.5) is 0 Å². The van der Waals surface area contributed by atoms with Gasteiger partial charge in [-0.05, 0) is 36.4 Å². The van der Waals surface area contributed by atoms with Gasteiger partial charge in [-0.2, -0.15) is 0 Å². The molecule has 0 saturated carbocycles. The van der Waals surface area contributed by atoms with E-state index in [4.69, 9.17) is 11.6 Å². The molecule has 1 amide bonds. The van der Waals surface area contributed by atoms with Crippen molar-refractivity contribution >= 4 is 29.4 Å². The summed E-state index contributed by atoms with van der Waals surface area (Å²) in [5.41, 5.74) is 1.54. The first-order valence-corrected chi connectivity index (χ1v) is 10.8. The van der Waals surface area contributed by atoms with Gasteiger partial charge in [-0.1, -0.05) is 80.1 Å². The lowest BCUT2D eigenvalue weighted by Crippen LogP contribution is -2.38. The largest absolute Gasteiger partial charge is 0.503 e. The van der Waals surface area contributed by atoms with Gasteiger partial charge in [-0.3, -0.25) is 9.59 Å². The fourth-order valence-corrected chi connectivity index (χ4v) is 4.01. The summed E-state index contributed by atoms with van der Waals surface area (Å²) in [5.74, 6) is -1.47. The molecule has 0 unspecified atom stereocenters. The van der Waals surface area contributed by atoms with Crippen LogP contribution in [0.1, 0.15) is 31.0 Å². The average Bonchev–Trinajstić information content (AvgIpc) is 3.04. The average molecular weight is 439 g/mol. The fourth-order valence-electron chi connectivity index (χ4n) is 3.77. The Labute approximate surface area is 188 Å². The van der Waals surface area contributed by atoms with Crippen LogP contribution < -0.4 is 0 Å². The molecule has 3 rings (SSSR count). The molecular formula is C25H27ClN2O3. The maximum atomic E-state index is 13.1. The highest BCUT2D eigenvalue weighted by Gasteiger charge is 2.43. The van der Waals surface area contributed by atoms with Gasteiger partial charge < -0.3 is 14.9 Å². The summed E-state index contributed by atoms with van der Waals surface area (Å²) in [6.45, 7) is 6.81. The molecule has 5 nitrogen and oxygen atoms in total. The highest BCUT2D eigenvalue weighted by Crippen LogP contribution is 2.40. The predicted molar refractivity (Wildman–Crippen MR) is 124 cm³/mol. The lowest BCUT2D eigenvalue weighted by molar-refractivity contribution is -0.129. The van der Waals surface area contributed by atoms with E-state index in [1.807, 2.05) is 36.4 Å². The quantitative estimate of drug-likeness (QED) is 0.578. The zero-order chi connectivity index (χ0) is 22.4. The maximum Gasteiger partial charge on any atom is 0.290 e. The monoisotopic (exact) mass is 438 g/mol. The van der Waals surface area contributed by atoms with Gasteiger partial charge in [0.2, 0.25) is 0 Å². The van der Waals surface area contributed by atoms with Gasteiger partial charge in [-0.25, -0.2) is 0 Å². The van der Waals surface area contributed by atoms with E-state index in [-0.39, 0.29) is 5.57 Å². The summed E-state index contributed by atoms with van der Waals surface area (Å²) in [7, 11) is 0. The molecule has 0 aliphatic carbocycles. The number of nitrogens with zero attached hydrogens (tertiary/aromatic N) is 2. The third kappa shape index (κ3) is 5.06. The maximum absolute atomic E-state index is 13.1. The van der Waals surface area contributed by atoms with Crippen LogP contribution in [0.15, 0.2) is 72.0 Å².